The summed E-state index contributed by atoms with van der Waals surface area (Å²) in [5.74, 6) is -0.267. The quantitative estimate of drug-likeness (QED) is 0.459. The second-order valence-electron chi connectivity index (χ2n) is 7.61. The van der Waals surface area contributed by atoms with E-state index in [0.29, 0.717) is 17.8 Å². The normalized spacial score (nSPS) is 10.9. The van der Waals surface area contributed by atoms with E-state index < -0.39 is 0 Å². The SMILES string of the molecule is Cc1ccc2cccc(NC(=O)CCCC(=O)Nc3cccc4ccc(C)nc34)c2n1. The minimum absolute atomic E-state index is 0.133. The largest absolute Gasteiger partial charge is 0.324 e. The van der Waals surface area contributed by atoms with Gasteiger partial charge in [-0.05, 0) is 44.5 Å². The molecule has 0 aliphatic rings. The zero-order chi connectivity index (χ0) is 21.8. The lowest BCUT2D eigenvalue weighted by Crippen LogP contribution is -2.15. The molecule has 0 bridgehead atoms. The molecule has 4 aromatic rings. The Hall–Kier alpha value is -3.80. The number of carbonyl (C=O) groups excluding carboxylic acids is 2. The number of rotatable bonds is 6. The number of benzene rings is 2. The summed E-state index contributed by atoms with van der Waals surface area (Å²) in [5, 5.41) is 7.79. The smallest absolute Gasteiger partial charge is 0.224 e. The van der Waals surface area contributed by atoms with Gasteiger partial charge in [-0.15, -0.1) is 0 Å². The van der Waals surface area contributed by atoms with Crippen LogP contribution < -0.4 is 10.6 Å². The van der Waals surface area contributed by atoms with Crippen LogP contribution in [0.3, 0.4) is 0 Å². The van der Waals surface area contributed by atoms with Crippen molar-refractivity contribution in [2.45, 2.75) is 33.1 Å². The van der Waals surface area contributed by atoms with E-state index >= 15 is 0 Å². The Morgan fingerprint density at radius 2 is 1.13 bits per heavy atom. The fourth-order valence-corrected chi connectivity index (χ4v) is 3.53. The Morgan fingerprint density at radius 1 is 0.677 bits per heavy atom. The highest BCUT2D eigenvalue weighted by molar-refractivity contribution is 6.02. The number of pyridine rings is 2. The molecule has 0 radical (unpaired) electrons. The molecule has 156 valence electrons. The summed E-state index contributed by atoms with van der Waals surface area (Å²) in [6.07, 6.45) is 0.956. The number of hydrogen-bond donors (Lipinski definition) is 2. The second kappa shape index (κ2) is 8.92. The van der Waals surface area contributed by atoms with Gasteiger partial charge in [0, 0.05) is 35.0 Å². The first-order valence-corrected chi connectivity index (χ1v) is 10.3. The van der Waals surface area contributed by atoms with E-state index in [1.807, 2.05) is 74.5 Å². The van der Waals surface area contributed by atoms with Crippen molar-refractivity contribution < 1.29 is 9.59 Å². The van der Waals surface area contributed by atoms with Crippen LogP contribution in [0, 0.1) is 13.8 Å². The van der Waals surface area contributed by atoms with E-state index in [1.54, 1.807) is 0 Å². The van der Waals surface area contributed by atoms with E-state index in [0.717, 1.165) is 33.2 Å². The first kappa shape index (κ1) is 20.5. The van der Waals surface area contributed by atoms with Gasteiger partial charge in [0.2, 0.25) is 11.8 Å². The highest BCUT2D eigenvalue weighted by Crippen LogP contribution is 2.23. The standard InChI is InChI=1S/C25H24N4O2/c1-16-12-14-18-6-3-8-20(24(18)26-16)28-22(30)10-5-11-23(31)29-21-9-4-7-19-15-13-17(2)27-25(19)21/h3-4,6-9,12-15H,5,10-11H2,1-2H3,(H,28,30)(H,29,31). The summed E-state index contributed by atoms with van der Waals surface area (Å²) >= 11 is 0. The lowest BCUT2D eigenvalue weighted by atomic mass is 10.1. The molecular formula is C25H24N4O2. The second-order valence-corrected chi connectivity index (χ2v) is 7.61. The molecule has 2 aromatic carbocycles. The molecule has 2 aromatic heterocycles. The van der Waals surface area contributed by atoms with Crippen molar-refractivity contribution in [1.29, 1.82) is 0 Å². The molecule has 0 aliphatic carbocycles. The fraction of sp³-hybridized carbons (Fsp3) is 0.200. The molecule has 0 saturated carbocycles. The number of para-hydroxylation sites is 2. The summed E-state index contributed by atoms with van der Waals surface area (Å²) in [5.41, 5.74) is 4.70. The van der Waals surface area contributed by atoms with Crippen LogP contribution in [0.4, 0.5) is 11.4 Å². The molecule has 0 fully saturated rings. The van der Waals surface area contributed by atoms with Crippen molar-refractivity contribution in [2.24, 2.45) is 0 Å². The monoisotopic (exact) mass is 412 g/mol. The van der Waals surface area contributed by atoms with Crippen LogP contribution in [-0.4, -0.2) is 21.8 Å². The van der Waals surface area contributed by atoms with E-state index in [1.165, 1.54) is 0 Å². The Labute approximate surface area is 180 Å². The van der Waals surface area contributed by atoms with Crippen LogP contribution >= 0.6 is 0 Å². The summed E-state index contributed by atoms with van der Waals surface area (Å²) in [6, 6.07) is 19.3. The maximum atomic E-state index is 12.4. The molecule has 0 aliphatic heterocycles. The van der Waals surface area contributed by atoms with Gasteiger partial charge >= 0.3 is 0 Å². The molecule has 0 unspecified atom stereocenters. The maximum absolute atomic E-state index is 12.4. The predicted octanol–water partition coefficient (Wildman–Crippen LogP) is 5.15. The van der Waals surface area contributed by atoms with Crippen LogP contribution in [0.25, 0.3) is 21.8 Å². The van der Waals surface area contributed by atoms with Gasteiger partial charge in [-0.3, -0.25) is 19.6 Å². The molecule has 0 atom stereocenters. The molecule has 0 saturated heterocycles. The molecule has 2 N–H and O–H groups in total. The third-order valence-electron chi connectivity index (χ3n) is 5.07. The van der Waals surface area contributed by atoms with Crippen LogP contribution in [0.5, 0.6) is 0 Å². The Kier molecular flexibility index (Phi) is 5.89. The maximum Gasteiger partial charge on any atom is 0.224 e. The van der Waals surface area contributed by atoms with Gasteiger partial charge in [-0.25, -0.2) is 0 Å². The Balaban J connectivity index is 1.34. The van der Waals surface area contributed by atoms with Gasteiger partial charge in [0.1, 0.15) is 0 Å². The highest BCUT2D eigenvalue weighted by atomic mass is 16.2. The van der Waals surface area contributed by atoms with Crippen LogP contribution in [0.1, 0.15) is 30.7 Å². The number of aryl methyl sites for hydroxylation is 2. The number of aromatic nitrogens is 2. The minimum atomic E-state index is -0.133. The first-order chi connectivity index (χ1) is 15.0. The molecular weight excluding hydrogens is 388 g/mol. The Morgan fingerprint density at radius 3 is 1.58 bits per heavy atom. The van der Waals surface area contributed by atoms with Gasteiger partial charge in [-0.2, -0.15) is 0 Å². The number of fused-ring (bicyclic) bond motifs is 2. The molecule has 31 heavy (non-hydrogen) atoms. The van der Waals surface area contributed by atoms with Crippen molar-refractivity contribution in [1.82, 2.24) is 9.97 Å². The lowest BCUT2D eigenvalue weighted by Gasteiger charge is -2.10. The van der Waals surface area contributed by atoms with Crippen molar-refractivity contribution in [3.05, 3.63) is 72.1 Å². The fourth-order valence-electron chi connectivity index (χ4n) is 3.53. The zero-order valence-corrected chi connectivity index (χ0v) is 17.6. The average molecular weight is 412 g/mol. The van der Waals surface area contributed by atoms with Gasteiger partial charge in [0.15, 0.2) is 0 Å². The van der Waals surface area contributed by atoms with Gasteiger partial charge in [0.05, 0.1) is 22.4 Å². The molecule has 4 rings (SSSR count). The van der Waals surface area contributed by atoms with Gasteiger partial charge in [-0.1, -0.05) is 36.4 Å². The van der Waals surface area contributed by atoms with Crippen molar-refractivity contribution in [3.8, 4) is 0 Å². The van der Waals surface area contributed by atoms with Crippen LogP contribution in [0.15, 0.2) is 60.7 Å². The minimum Gasteiger partial charge on any atom is -0.324 e. The number of nitrogens with zero attached hydrogens (tertiary/aromatic N) is 2. The third kappa shape index (κ3) is 4.86. The molecule has 0 spiro atoms. The van der Waals surface area contributed by atoms with E-state index in [-0.39, 0.29) is 24.7 Å². The van der Waals surface area contributed by atoms with E-state index in [9.17, 15) is 9.59 Å². The van der Waals surface area contributed by atoms with Crippen molar-refractivity contribution >= 4 is 45.0 Å². The lowest BCUT2D eigenvalue weighted by molar-refractivity contribution is -0.117. The van der Waals surface area contributed by atoms with Gasteiger partial charge < -0.3 is 10.6 Å². The number of hydrogen-bond acceptors (Lipinski definition) is 4. The zero-order valence-electron chi connectivity index (χ0n) is 17.6. The summed E-state index contributed by atoms with van der Waals surface area (Å²) in [7, 11) is 0. The Bertz CT molecular complexity index is 1180. The van der Waals surface area contributed by atoms with Crippen molar-refractivity contribution in [2.75, 3.05) is 10.6 Å². The van der Waals surface area contributed by atoms with Crippen molar-refractivity contribution in [3.63, 3.8) is 0 Å². The van der Waals surface area contributed by atoms with Crippen LogP contribution in [0.2, 0.25) is 0 Å². The first-order valence-electron chi connectivity index (χ1n) is 10.3. The summed E-state index contributed by atoms with van der Waals surface area (Å²) < 4.78 is 0. The van der Waals surface area contributed by atoms with E-state index in [2.05, 4.69) is 20.6 Å². The third-order valence-corrected chi connectivity index (χ3v) is 5.07. The summed E-state index contributed by atoms with van der Waals surface area (Å²) in [4.78, 5) is 33.9. The topological polar surface area (TPSA) is 84.0 Å². The number of carbonyl (C=O) groups is 2. The average Bonchev–Trinajstić information content (AvgIpc) is 2.74. The number of nitrogens with one attached hydrogen (secondary N) is 2. The van der Waals surface area contributed by atoms with Gasteiger partial charge in [0.25, 0.3) is 0 Å². The van der Waals surface area contributed by atoms with E-state index in [4.69, 9.17) is 0 Å². The number of anilines is 2. The summed E-state index contributed by atoms with van der Waals surface area (Å²) in [6.45, 7) is 3.84. The number of amides is 2. The molecule has 6 heteroatoms. The molecule has 2 amide bonds. The molecule has 6 nitrogen and oxygen atoms in total. The predicted molar refractivity (Wildman–Crippen MR) is 124 cm³/mol. The van der Waals surface area contributed by atoms with Crippen LogP contribution in [-0.2, 0) is 9.59 Å². The highest BCUT2D eigenvalue weighted by Gasteiger charge is 2.10. The molecule has 2 heterocycles.